The molecule has 1 aliphatic rings. The molecule has 0 saturated carbocycles. The van der Waals surface area contributed by atoms with Crippen LogP contribution >= 0.6 is 11.6 Å². The maximum absolute atomic E-state index is 5.99. The number of likely N-dealkylation sites (tertiary alicyclic amines) is 1. The molecule has 1 saturated heterocycles. The molecular weight excluding hydrogens is 290 g/mol. The van der Waals surface area contributed by atoms with E-state index in [1.54, 1.807) is 17.1 Å². The summed E-state index contributed by atoms with van der Waals surface area (Å²) in [7, 11) is 2.14. The number of aromatic nitrogens is 5. The number of anilines is 1. The first-order valence-corrected chi connectivity index (χ1v) is 7.36. The smallest absolute Gasteiger partial charge is 0.256 e. The van der Waals surface area contributed by atoms with Crippen LogP contribution in [0.15, 0.2) is 18.5 Å². The van der Waals surface area contributed by atoms with Crippen LogP contribution in [0.5, 0.6) is 0 Å². The molecule has 21 heavy (non-hydrogen) atoms. The number of nitrogens with zero attached hydrogens (tertiary/aromatic N) is 6. The predicted octanol–water partition coefficient (Wildman–Crippen LogP) is 1.46. The normalized spacial score (nSPS) is 23.2. The molecule has 0 radical (unpaired) electrons. The van der Waals surface area contributed by atoms with E-state index in [0.717, 1.165) is 19.5 Å². The molecule has 3 heterocycles. The number of nitrogens with one attached hydrogen (secondary N) is 1. The van der Waals surface area contributed by atoms with Crippen molar-refractivity contribution >= 4 is 17.5 Å². The third-order valence-corrected chi connectivity index (χ3v) is 3.90. The number of hydrogen-bond acceptors (Lipinski definition) is 6. The summed E-state index contributed by atoms with van der Waals surface area (Å²) in [5, 5.41) is 7.66. The molecule has 0 aromatic carbocycles. The van der Waals surface area contributed by atoms with Crippen molar-refractivity contribution in [3.8, 4) is 5.95 Å². The lowest BCUT2D eigenvalue weighted by Gasteiger charge is -2.35. The topological polar surface area (TPSA) is 71.8 Å². The molecule has 0 aliphatic carbocycles. The molecule has 3 rings (SSSR count). The molecule has 2 atom stereocenters. The number of rotatable bonds is 3. The Kier molecular flexibility index (Phi) is 4.03. The van der Waals surface area contributed by atoms with Crippen molar-refractivity contribution in [2.75, 3.05) is 25.5 Å². The van der Waals surface area contributed by atoms with Gasteiger partial charge < -0.3 is 10.2 Å². The van der Waals surface area contributed by atoms with E-state index in [4.69, 9.17) is 11.6 Å². The van der Waals surface area contributed by atoms with Gasteiger partial charge >= 0.3 is 0 Å². The Bertz CT molecular complexity index is 601. The summed E-state index contributed by atoms with van der Waals surface area (Å²) in [6.45, 7) is 4.35. The standard InChI is InChI=1S/C13H18ClN7/c1-9-8-20(2)7-4-10(9)16-12-17-11(14)18-13(19-12)21-6-3-5-15-21/h3,5-6,9-10H,4,7-8H2,1-2H3,(H,16,17,18,19). The lowest BCUT2D eigenvalue weighted by Crippen LogP contribution is -2.43. The average Bonchev–Trinajstić information content (AvgIpc) is 2.95. The Balaban J connectivity index is 1.79. The van der Waals surface area contributed by atoms with E-state index in [2.05, 4.69) is 44.2 Å². The molecule has 7 nitrogen and oxygen atoms in total. The van der Waals surface area contributed by atoms with Crippen molar-refractivity contribution in [1.29, 1.82) is 0 Å². The zero-order valence-corrected chi connectivity index (χ0v) is 12.8. The monoisotopic (exact) mass is 307 g/mol. The van der Waals surface area contributed by atoms with Gasteiger partial charge in [-0.05, 0) is 43.6 Å². The first kappa shape index (κ1) is 14.2. The summed E-state index contributed by atoms with van der Waals surface area (Å²) < 4.78 is 1.57. The van der Waals surface area contributed by atoms with Crippen molar-refractivity contribution in [3.05, 3.63) is 23.7 Å². The van der Waals surface area contributed by atoms with Gasteiger partial charge in [-0.1, -0.05) is 6.92 Å². The van der Waals surface area contributed by atoms with Gasteiger partial charge in [0.2, 0.25) is 11.2 Å². The zero-order valence-electron chi connectivity index (χ0n) is 12.1. The third kappa shape index (κ3) is 3.30. The Morgan fingerprint density at radius 3 is 2.90 bits per heavy atom. The van der Waals surface area contributed by atoms with Gasteiger partial charge in [-0.15, -0.1) is 0 Å². The molecule has 2 aromatic rings. The molecule has 112 valence electrons. The minimum absolute atomic E-state index is 0.165. The first-order valence-electron chi connectivity index (χ1n) is 6.98. The van der Waals surface area contributed by atoms with Crippen LogP contribution in [0, 0.1) is 5.92 Å². The van der Waals surface area contributed by atoms with Crippen LogP contribution in [0.25, 0.3) is 5.95 Å². The van der Waals surface area contributed by atoms with Gasteiger partial charge in [0.05, 0.1) is 0 Å². The van der Waals surface area contributed by atoms with Crippen LogP contribution in [0.3, 0.4) is 0 Å². The quantitative estimate of drug-likeness (QED) is 0.925. The highest BCUT2D eigenvalue weighted by molar-refractivity contribution is 6.28. The molecule has 1 N–H and O–H groups in total. The summed E-state index contributed by atoms with van der Waals surface area (Å²) in [5.41, 5.74) is 0. The van der Waals surface area contributed by atoms with Gasteiger partial charge in [0.25, 0.3) is 5.95 Å². The molecular formula is C13H18ClN7. The molecule has 2 unspecified atom stereocenters. The zero-order chi connectivity index (χ0) is 14.8. The van der Waals surface area contributed by atoms with E-state index in [-0.39, 0.29) is 5.28 Å². The maximum atomic E-state index is 5.99. The largest absolute Gasteiger partial charge is 0.351 e. The Morgan fingerprint density at radius 1 is 1.33 bits per heavy atom. The number of halogens is 1. The summed E-state index contributed by atoms with van der Waals surface area (Å²) >= 11 is 5.99. The van der Waals surface area contributed by atoms with Crippen molar-refractivity contribution in [3.63, 3.8) is 0 Å². The minimum atomic E-state index is 0.165. The Morgan fingerprint density at radius 2 is 2.19 bits per heavy atom. The lowest BCUT2D eigenvalue weighted by atomic mass is 9.94. The molecule has 1 aliphatic heterocycles. The fourth-order valence-electron chi connectivity index (χ4n) is 2.63. The van der Waals surface area contributed by atoms with Crippen molar-refractivity contribution in [1.82, 2.24) is 29.6 Å². The van der Waals surface area contributed by atoms with Crippen molar-refractivity contribution in [2.24, 2.45) is 5.92 Å². The number of hydrogen-bond donors (Lipinski definition) is 1. The third-order valence-electron chi connectivity index (χ3n) is 3.73. The number of piperidine rings is 1. The summed E-state index contributed by atoms with van der Waals surface area (Å²) in [5.74, 6) is 1.44. The van der Waals surface area contributed by atoms with Crippen molar-refractivity contribution in [2.45, 2.75) is 19.4 Å². The molecule has 1 fully saturated rings. The SMILES string of the molecule is CC1CN(C)CCC1Nc1nc(Cl)nc(-n2cccn2)n1. The van der Waals surface area contributed by atoms with E-state index in [1.807, 2.05) is 6.07 Å². The fraction of sp³-hybridized carbons (Fsp3) is 0.538. The van der Waals surface area contributed by atoms with Gasteiger partial charge in [0.1, 0.15) is 0 Å². The molecule has 0 amide bonds. The second kappa shape index (κ2) is 5.95. The minimum Gasteiger partial charge on any atom is -0.351 e. The van der Waals surface area contributed by atoms with Gasteiger partial charge in [-0.25, -0.2) is 4.68 Å². The second-order valence-corrected chi connectivity index (χ2v) is 5.80. The van der Waals surface area contributed by atoms with E-state index in [0.29, 0.717) is 23.9 Å². The second-order valence-electron chi connectivity index (χ2n) is 5.46. The average molecular weight is 308 g/mol. The van der Waals surface area contributed by atoms with Crippen LogP contribution < -0.4 is 5.32 Å². The van der Waals surface area contributed by atoms with Crippen molar-refractivity contribution < 1.29 is 0 Å². The Labute approximate surface area is 128 Å². The highest BCUT2D eigenvalue weighted by atomic mass is 35.5. The summed E-state index contributed by atoms with van der Waals surface area (Å²) in [6.07, 6.45) is 4.50. The van der Waals surface area contributed by atoms with Gasteiger partial charge in [-0.2, -0.15) is 20.1 Å². The van der Waals surface area contributed by atoms with Gasteiger partial charge in [-0.3, -0.25) is 0 Å². The Hall–Kier alpha value is -1.73. The molecule has 0 bridgehead atoms. The molecule has 0 spiro atoms. The molecule has 2 aromatic heterocycles. The predicted molar refractivity (Wildman–Crippen MR) is 80.6 cm³/mol. The van der Waals surface area contributed by atoms with E-state index in [1.165, 1.54) is 0 Å². The summed E-state index contributed by atoms with van der Waals surface area (Å²) in [4.78, 5) is 15.0. The van der Waals surface area contributed by atoms with Crippen LogP contribution in [0.4, 0.5) is 5.95 Å². The van der Waals surface area contributed by atoms with Crippen LogP contribution in [0.1, 0.15) is 13.3 Å². The highest BCUT2D eigenvalue weighted by Crippen LogP contribution is 2.19. The summed E-state index contributed by atoms with van der Waals surface area (Å²) in [6, 6.07) is 2.15. The van der Waals surface area contributed by atoms with Crippen LogP contribution in [-0.4, -0.2) is 55.8 Å². The fourth-order valence-corrected chi connectivity index (χ4v) is 2.78. The van der Waals surface area contributed by atoms with Crippen LogP contribution in [0.2, 0.25) is 5.28 Å². The van der Waals surface area contributed by atoms with E-state index < -0.39 is 0 Å². The van der Waals surface area contributed by atoms with Gasteiger partial charge in [0, 0.05) is 25.0 Å². The van der Waals surface area contributed by atoms with E-state index >= 15 is 0 Å². The van der Waals surface area contributed by atoms with Crippen LogP contribution in [-0.2, 0) is 0 Å². The van der Waals surface area contributed by atoms with Gasteiger partial charge in [0.15, 0.2) is 0 Å². The lowest BCUT2D eigenvalue weighted by molar-refractivity contribution is 0.205. The molecule has 8 heteroatoms. The van der Waals surface area contributed by atoms with E-state index in [9.17, 15) is 0 Å². The maximum Gasteiger partial charge on any atom is 0.256 e. The first-order chi connectivity index (χ1) is 10.1. The highest BCUT2D eigenvalue weighted by Gasteiger charge is 2.25.